The normalized spacial score (nSPS) is 11.8. The van der Waals surface area contributed by atoms with Crippen LogP contribution in [0.5, 0.6) is 0 Å². The van der Waals surface area contributed by atoms with E-state index in [-0.39, 0.29) is 5.41 Å². The van der Waals surface area contributed by atoms with E-state index in [9.17, 15) is 0 Å². The van der Waals surface area contributed by atoms with Crippen LogP contribution < -0.4 is 0 Å². The molecule has 0 amide bonds. The van der Waals surface area contributed by atoms with E-state index in [4.69, 9.17) is 0 Å². The Morgan fingerprint density at radius 2 is 1.94 bits per heavy atom. The largest absolute Gasteiger partial charge is 0.299 e. The van der Waals surface area contributed by atoms with E-state index < -0.39 is 0 Å². The van der Waals surface area contributed by atoms with Crippen molar-refractivity contribution in [2.75, 3.05) is 0 Å². The average molecular weight is 215 g/mol. The number of rotatable bonds is 1. The van der Waals surface area contributed by atoms with Gasteiger partial charge >= 0.3 is 0 Å². The van der Waals surface area contributed by atoms with Gasteiger partial charge < -0.3 is 0 Å². The Balaban J connectivity index is 2.61. The van der Waals surface area contributed by atoms with Gasteiger partial charge in [0.1, 0.15) is 5.82 Å². The zero-order valence-electron chi connectivity index (χ0n) is 10.2. The summed E-state index contributed by atoms with van der Waals surface area (Å²) in [7, 11) is 0. The number of aromatic nitrogens is 3. The molecule has 2 rings (SSSR count). The Morgan fingerprint density at radius 3 is 2.50 bits per heavy atom. The minimum Gasteiger partial charge on any atom is -0.299 e. The minimum absolute atomic E-state index is 0.0805. The Kier molecular flexibility index (Phi) is 2.54. The Morgan fingerprint density at radius 1 is 1.19 bits per heavy atom. The molecule has 2 aromatic rings. The Hall–Kier alpha value is -1.64. The van der Waals surface area contributed by atoms with Crippen LogP contribution in [-0.4, -0.2) is 14.5 Å². The van der Waals surface area contributed by atoms with Gasteiger partial charge in [-0.25, -0.2) is 4.98 Å². The molecule has 3 heteroatoms. The smallest absolute Gasteiger partial charge is 0.110 e. The van der Waals surface area contributed by atoms with Gasteiger partial charge in [-0.05, 0) is 19.1 Å². The SMILES string of the molecule is Cc1ncc(C(C)(C)C)n1-c1cccnc1. The van der Waals surface area contributed by atoms with E-state index in [0.29, 0.717) is 0 Å². The van der Waals surface area contributed by atoms with Crippen LogP contribution in [0.2, 0.25) is 0 Å². The van der Waals surface area contributed by atoms with Gasteiger partial charge in [0.25, 0.3) is 0 Å². The maximum atomic E-state index is 4.39. The molecule has 0 aromatic carbocycles. The molecule has 0 saturated carbocycles. The summed E-state index contributed by atoms with van der Waals surface area (Å²) in [5.74, 6) is 0.998. The first-order valence-electron chi connectivity index (χ1n) is 5.45. The van der Waals surface area contributed by atoms with E-state index in [0.717, 1.165) is 11.5 Å². The van der Waals surface area contributed by atoms with Gasteiger partial charge in [0.2, 0.25) is 0 Å². The van der Waals surface area contributed by atoms with Crippen molar-refractivity contribution < 1.29 is 0 Å². The van der Waals surface area contributed by atoms with Crippen molar-refractivity contribution in [2.45, 2.75) is 33.1 Å². The van der Waals surface area contributed by atoms with Crippen molar-refractivity contribution in [3.05, 3.63) is 42.2 Å². The van der Waals surface area contributed by atoms with Crippen molar-refractivity contribution in [3.8, 4) is 5.69 Å². The van der Waals surface area contributed by atoms with Gasteiger partial charge in [-0.2, -0.15) is 0 Å². The van der Waals surface area contributed by atoms with Crippen LogP contribution in [0.25, 0.3) is 5.69 Å². The van der Waals surface area contributed by atoms with Crippen LogP contribution in [0.15, 0.2) is 30.7 Å². The Bertz CT molecular complexity index is 478. The van der Waals surface area contributed by atoms with Crippen molar-refractivity contribution >= 4 is 0 Å². The predicted molar refractivity (Wildman–Crippen MR) is 64.8 cm³/mol. The monoisotopic (exact) mass is 215 g/mol. The zero-order valence-corrected chi connectivity index (χ0v) is 10.2. The molecule has 0 atom stereocenters. The molecule has 84 valence electrons. The first-order valence-corrected chi connectivity index (χ1v) is 5.45. The molecule has 0 unspecified atom stereocenters. The third-order valence-electron chi connectivity index (χ3n) is 2.61. The summed E-state index contributed by atoms with van der Waals surface area (Å²) in [5, 5.41) is 0. The first kappa shape index (κ1) is 10.9. The van der Waals surface area contributed by atoms with Crippen LogP contribution in [-0.2, 0) is 5.41 Å². The second kappa shape index (κ2) is 3.74. The third-order valence-corrected chi connectivity index (χ3v) is 2.61. The number of aryl methyl sites for hydroxylation is 1. The summed E-state index contributed by atoms with van der Waals surface area (Å²) in [6.07, 6.45) is 5.60. The quantitative estimate of drug-likeness (QED) is 0.732. The van der Waals surface area contributed by atoms with Gasteiger partial charge in [-0.15, -0.1) is 0 Å². The molecule has 0 aliphatic rings. The fraction of sp³-hybridized carbons (Fsp3) is 0.385. The number of hydrogen-bond acceptors (Lipinski definition) is 2. The summed E-state index contributed by atoms with van der Waals surface area (Å²) in [5.41, 5.74) is 2.36. The van der Waals surface area contributed by atoms with Crippen LogP contribution in [0.1, 0.15) is 32.3 Å². The fourth-order valence-electron chi connectivity index (χ4n) is 1.79. The van der Waals surface area contributed by atoms with E-state index in [1.54, 1.807) is 6.20 Å². The molecule has 0 fully saturated rings. The average Bonchev–Trinajstić information content (AvgIpc) is 2.61. The number of imidazole rings is 1. The highest BCUT2D eigenvalue weighted by atomic mass is 15.1. The summed E-state index contributed by atoms with van der Waals surface area (Å²) in [6.45, 7) is 8.59. The van der Waals surface area contributed by atoms with Crippen LogP contribution in [0.4, 0.5) is 0 Å². The summed E-state index contributed by atoms with van der Waals surface area (Å²) < 4.78 is 2.16. The van der Waals surface area contributed by atoms with Crippen LogP contribution in [0.3, 0.4) is 0 Å². The van der Waals surface area contributed by atoms with E-state index in [2.05, 4.69) is 41.4 Å². The van der Waals surface area contributed by atoms with Gasteiger partial charge in [-0.1, -0.05) is 20.8 Å². The second-order valence-corrected chi connectivity index (χ2v) is 4.99. The van der Waals surface area contributed by atoms with Gasteiger partial charge in [0.05, 0.1) is 11.9 Å². The van der Waals surface area contributed by atoms with Crippen LogP contribution in [0, 0.1) is 6.92 Å². The van der Waals surface area contributed by atoms with Crippen molar-refractivity contribution in [1.82, 2.24) is 14.5 Å². The molecule has 0 aliphatic carbocycles. The topological polar surface area (TPSA) is 30.7 Å². The van der Waals surface area contributed by atoms with Gasteiger partial charge in [-0.3, -0.25) is 9.55 Å². The maximum Gasteiger partial charge on any atom is 0.110 e. The summed E-state index contributed by atoms with van der Waals surface area (Å²) >= 11 is 0. The number of pyridine rings is 1. The highest BCUT2D eigenvalue weighted by Crippen LogP contribution is 2.25. The molecule has 0 bridgehead atoms. The molecule has 0 aliphatic heterocycles. The fourth-order valence-corrected chi connectivity index (χ4v) is 1.79. The lowest BCUT2D eigenvalue weighted by atomic mass is 9.92. The molecular weight excluding hydrogens is 198 g/mol. The highest BCUT2D eigenvalue weighted by molar-refractivity contribution is 5.34. The zero-order chi connectivity index (χ0) is 11.8. The first-order chi connectivity index (χ1) is 7.50. The molecule has 0 spiro atoms. The molecule has 2 heterocycles. The molecule has 16 heavy (non-hydrogen) atoms. The van der Waals surface area contributed by atoms with E-state index in [1.165, 1.54) is 5.69 Å². The van der Waals surface area contributed by atoms with Crippen molar-refractivity contribution in [2.24, 2.45) is 0 Å². The second-order valence-electron chi connectivity index (χ2n) is 4.99. The van der Waals surface area contributed by atoms with E-state index in [1.807, 2.05) is 25.4 Å². The Labute approximate surface area is 96.2 Å². The van der Waals surface area contributed by atoms with Crippen LogP contribution >= 0.6 is 0 Å². The maximum absolute atomic E-state index is 4.39. The van der Waals surface area contributed by atoms with Gasteiger partial charge in [0, 0.05) is 23.5 Å². The van der Waals surface area contributed by atoms with Gasteiger partial charge in [0.15, 0.2) is 0 Å². The molecule has 0 saturated heterocycles. The summed E-state index contributed by atoms with van der Waals surface area (Å²) in [4.78, 5) is 8.55. The lowest BCUT2D eigenvalue weighted by Crippen LogP contribution is -2.17. The molecular formula is C13H17N3. The number of nitrogens with zero attached hydrogens (tertiary/aromatic N) is 3. The van der Waals surface area contributed by atoms with Crippen molar-refractivity contribution in [1.29, 1.82) is 0 Å². The summed E-state index contributed by atoms with van der Waals surface area (Å²) in [6, 6.07) is 4.00. The van der Waals surface area contributed by atoms with Crippen molar-refractivity contribution in [3.63, 3.8) is 0 Å². The van der Waals surface area contributed by atoms with E-state index >= 15 is 0 Å². The lowest BCUT2D eigenvalue weighted by Gasteiger charge is -2.21. The molecule has 2 aromatic heterocycles. The lowest BCUT2D eigenvalue weighted by molar-refractivity contribution is 0.554. The number of hydrogen-bond donors (Lipinski definition) is 0. The molecule has 0 radical (unpaired) electrons. The molecule has 0 N–H and O–H groups in total. The standard InChI is InChI=1S/C13H17N3/c1-10-15-9-12(13(2,3)4)16(10)11-6-5-7-14-8-11/h5-9H,1-4H3. The third kappa shape index (κ3) is 1.85. The minimum atomic E-state index is 0.0805. The predicted octanol–water partition coefficient (Wildman–Crippen LogP) is 2.87. The molecule has 3 nitrogen and oxygen atoms in total. The highest BCUT2D eigenvalue weighted by Gasteiger charge is 2.21.